The van der Waals surface area contributed by atoms with Crippen molar-refractivity contribution < 1.29 is 4.74 Å². The van der Waals surface area contributed by atoms with Gasteiger partial charge in [-0.05, 0) is 49.6 Å². The second-order valence-electron chi connectivity index (χ2n) is 6.08. The number of benzene rings is 1. The maximum Gasteiger partial charge on any atom is 0.253 e. The van der Waals surface area contributed by atoms with E-state index in [2.05, 4.69) is 29.0 Å². The lowest BCUT2D eigenvalue weighted by Gasteiger charge is -2.28. The molecule has 0 amide bonds. The molecule has 2 N–H and O–H groups in total. The molecule has 1 aromatic carbocycles. The number of rotatable bonds is 8. The van der Waals surface area contributed by atoms with Crippen molar-refractivity contribution in [3.63, 3.8) is 0 Å². The maximum absolute atomic E-state index is 12.5. The number of H-pyrrole nitrogens is 1. The van der Waals surface area contributed by atoms with Crippen molar-refractivity contribution in [3.8, 4) is 5.75 Å². The molecule has 0 spiro atoms. The van der Waals surface area contributed by atoms with Crippen molar-refractivity contribution in [1.82, 2.24) is 20.1 Å². The zero-order valence-electron chi connectivity index (χ0n) is 16.0. The van der Waals surface area contributed by atoms with E-state index in [0.717, 1.165) is 42.8 Å². The highest BCUT2D eigenvalue weighted by molar-refractivity contribution is 7.80. The summed E-state index contributed by atoms with van der Waals surface area (Å²) in [5.74, 6) is 0.764. The molecule has 0 saturated heterocycles. The van der Waals surface area contributed by atoms with Crippen molar-refractivity contribution in [3.05, 3.63) is 40.2 Å². The number of methoxy groups -OCH3 is 1. The van der Waals surface area contributed by atoms with Crippen LogP contribution in [0.1, 0.15) is 19.4 Å². The van der Waals surface area contributed by atoms with E-state index in [9.17, 15) is 4.79 Å². The Hall–Kier alpha value is -2.12. The molecule has 0 aliphatic rings. The van der Waals surface area contributed by atoms with E-state index >= 15 is 0 Å². The van der Waals surface area contributed by atoms with Gasteiger partial charge >= 0.3 is 0 Å². The van der Waals surface area contributed by atoms with E-state index in [4.69, 9.17) is 17.0 Å². The van der Waals surface area contributed by atoms with Crippen LogP contribution in [-0.2, 0) is 6.54 Å². The summed E-state index contributed by atoms with van der Waals surface area (Å²) < 4.78 is 5.28. The van der Waals surface area contributed by atoms with E-state index < -0.39 is 0 Å². The molecule has 6 nitrogen and oxygen atoms in total. The van der Waals surface area contributed by atoms with Gasteiger partial charge in [0.2, 0.25) is 0 Å². The van der Waals surface area contributed by atoms with E-state index in [1.807, 2.05) is 36.2 Å². The van der Waals surface area contributed by atoms with Gasteiger partial charge in [-0.1, -0.05) is 13.8 Å². The molecule has 0 unspecified atom stereocenters. The number of pyridine rings is 1. The molecule has 0 aliphatic carbocycles. The third kappa shape index (κ3) is 4.95. The predicted molar refractivity (Wildman–Crippen MR) is 111 cm³/mol. The van der Waals surface area contributed by atoms with E-state index in [1.165, 1.54) is 0 Å². The van der Waals surface area contributed by atoms with E-state index in [1.54, 1.807) is 7.11 Å². The first kappa shape index (κ1) is 20.2. The fourth-order valence-electron chi connectivity index (χ4n) is 2.89. The molecule has 26 heavy (non-hydrogen) atoms. The van der Waals surface area contributed by atoms with Crippen molar-refractivity contribution in [1.29, 1.82) is 0 Å². The highest BCUT2D eigenvalue weighted by Gasteiger charge is 2.13. The summed E-state index contributed by atoms with van der Waals surface area (Å²) in [5, 5.41) is 4.61. The van der Waals surface area contributed by atoms with Crippen molar-refractivity contribution >= 4 is 28.2 Å². The number of aromatic amines is 1. The largest absolute Gasteiger partial charge is 0.497 e. The van der Waals surface area contributed by atoms with Gasteiger partial charge in [-0.25, -0.2) is 0 Å². The Kier molecular flexibility index (Phi) is 7.41. The van der Waals surface area contributed by atoms with Gasteiger partial charge in [-0.15, -0.1) is 0 Å². The molecular formula is C19H28N4O2S. The molecule has 0 fully saturated rings. The molecule has 1 heterocycles. The zero-order chi connectivity index (χ0) is 19.1. The number of fused-ring (bicyclic) bond motifs is 1. The molecule has 0 aliphatic heterocycles. The zero-order valence-corrected chi connectivity index (χ0v) is 16.8. The van der Waals surface area contributed by atoms with Crippen LogP contribution in [0.2, 0.25) is 0 Å². The fraction of sp³-hybridized carbons (Fsp3) is 0.474. The summed E-state index contributed by atoms with van der Waals surface area (Å²) >= 11 is 5.44. The van der Waals surface area contributed by atoms with Gasteiger partial charge in [0, 0.05) is 36.6 Å². The maximum atomic E-state index is 12.5. The Labute approximate surface area is 160 Å². The average Bonchev–Trinajstić information content (AvgIpc) is 2.67. The third-order valence-corrected chi connectivity index (χ3v) is 5.03. The summed E-state index contributed by atoms with van der Waals surface area (Å²) in [5.41, 5.74) is 1.39. The number of thiocarbonyl (C=S) groups is 1. The van der Waals surface area contributed by atoms with Crippen molar-refractivity contribution in [2.45, 2.75) is 20.4 Å². The first-order valence-corrected chi connectivity index (χ1v) is 9.32. The van der Waals surface area contributed by atoms with Crippen LogP contribution < -0.4 is 15.6 Å². The number of aromatic nitrogens is 1. The van der Waals surface area contributed by atoms with Crippen LogP contribution in [-0.4, -0.2) is 60.2 Å². The quantitative estimate of drug-likeness (QED) is 0.689. The van der Waals surface area contributed by atoms with Gasteiger partial charge in [0.05, 0.1) is 13.7 Å². The van der Waals surface area contributed by atoms with Gasteiger partial charge in [0.25, 0.3) is 5.56 Å². The molecule has 0 radical (unpaired) electrons. The molecule has 2 aromatic rings. The molecule has 0 saturated carbocycles. The number of ether oxygens (including phenoxy) is 1. The minimum Gasteiger partial charge on any atom is -0.497 e. The highest BCUT2D eigenvalue weighted by atomic mass is 32.1. The number of nitrogens with one attached hydrogen (secondary N) is 2. The lowest BCUT2D eigenvalue weighted by Crippen LogP contribution is -2.43. The van der Waals surface area contributed by atoms with Gasteiger partial charge < -0.3 is 24.8 Å². The molecule has 2 rings (SSSR count). The van der Waals surface area contributed by atoms with Crippen LogP contribution in [0.3, 0.4) is 0 Å². The second-order valence-corrected chi connectivity index (χ2v) is 6.47. The van der Waals surface area contributed by atoms with E-state index in [0.29, 0.717) is 17.2 Å². The SMILES string of the molecule is CCN(CC)CCN(Cc1cc2cc(OC)ccc2[nH]c1=O)C(=S)NC. The van der Waals surface area contributed by atoms with Gasteiger partial charge in [0.15, 0.2) is 5.11 Å². The summed E-state index contributed by atoms with van der Waals surface area (Å²) in [6, 6.07) is 7.53. The van der Waals surface area contributed by atoms with Crippen LogP contribution in [0, 0.1) is 0 Å². The van der Waals surface area contributed by atoms with Crippen LogP contribution >= 0.6 is 12.2 Å². The minimum absolute atomic E-state index is 0.0885. The normalized spacial score (nSPS) is 11.0. The Morgan fingerprint density at radius 2 is 1.96 bits per heavy atom. The monoisotopic (exact) mass is 376 g/mol. The summed E-state index contributed by atoms with van der Waals surface area (Å²) in [6.45, 7) is 8.39. The molecular weight excluding hydrogens is 348 g/mol. The first-order valence-electron chi connectivity index (χ1n) is 8.91. The molecule has 7 heteroatoms. The molecule has 0 bridgehead atoms. The fourth-order valence-corrected chi connectivity index (χ4v) is 3.05. The first-order chi connectivity index (χ1) is 12.5. The highest BCUT2D eigenvalue weighted by Crippen LogP contribution is 2.19. The number of likely N-dealkylation sites (N-methyl/N-ethyl adjacent to an activating group) is 1. The Morgan fingerprint density at radius 1 is 1.23 bits per heavy atom. The van der Waals surface area contributed by atoms with Crippen LogP contribution in [0.25, 0.3) is 10.9 Å². The average molecular weight is 377 g/mol. The Morgan fingerprint density at radius 3 is 2.58 bits per heavy atom. The number of hydrogen-bond acceptors (Lipinski definition) is 4. The summed E-state index contributed by atoms with van der Waals surface area (Å²) in [6.07, 6.45) is 0. The smallest absolute Gasteiger partial charge is 0.253 e. The van der Waals surface area contributed by atoms with E-state index in [-0.39, 0.29) is 5.56 Å². The summed E-state index contributed by atoms with van der Waals surface area (Å²) in [4.78, 5) is 19.8. The minimum atomic E-state index is -0.0885. The van der Waals surface area contributed by atoms with Crippen LogP contribution in [0.5, 0.6) is 5.75 Å². The van der Waals surface area contributed by atoms with Crippen molar-refractivity contribution in [2.75, 3.05) is 40.3 Å². The Balaban J connectivity index is 2.27. The van der Waals surface area contributed by atoms with Gasteiger partial charge in [-0.2, -0.15) is 0 Å². The van der Waals surface area contributed by atoms with Crippen LogP contribution in [0.15, 0.2) is 29.1 Å². The van der Waals surface area contributed by atoms with Crippen molar-refractivity contribution in [2.24, 2.45) is 0 Å². The second kappa shape index (κ2) is 9.54. The third-order valence-electron chi connectivity index (χ3n) is 4.57. The molecule has 142 valence electrons. The van der Waals surface area contributed by atoms with Crippen LogP contribution in [0.4, 0.5) is 0 Å². The lowest BCUT2D eigenvalue weighted by molar-refractivity contribution is 0.264. The number of hydrogen-bond donors (Lipinski definition) is 2. The molecule has 0 atom stereocenters. The lowest BCUT2D eigenvalue weighted by atomic mass is 10.1. The predicted octanol–water partition coefficient (Wildman–Crippen LogP) is 2.18. The Bertz CT molecular complexity index is 802. The molecule has 1 aromatic heterocycles. The standard InChI is InChI=1S/C19H28N4O2S/c1-5-22(6-2)9-10-23(19(26)20-3)13-15-11-14-12-16(25-4)7-8-17(14)21-18(15)24/h7-8,11-12H,5-6,9-10,13H2,1-4H3,(H,20,26)(H,21,24). The van der Waals surface area contributed by atoms with Gasteiger partial charge in [0.1, 0.15) is 5.75 Å². The summed E-state index contributed by atoms with van der Waals surface area (Å²) in [7, 11) is 3.44. The topological polar surface area (TPSA) is 60.6 Å². The number of nitrogens with zero attached hydrogens (tertiary/aromatic N) is 2. The van der Waals surface area contributed by atoms with Gasteiger partial charge in [-0.3, -0.25) is 4.79 Å².